The number of nitrogens with one attached hydrogen (secondary N) is 2. The predicted molar refractivity (Wildman–Crippen MR) is 125 cm³/mol. The summed E-state index contributed by atoms with van der Waals surface area (Å²) in [5.41, 5.74) is 3.36. The molecule has 1 fully saturated rings. The fraction of sp³-hybridized carbons (Fsp3) is 0.261. The number of halogens is 1. The molecule has 0 spiro atoms. The van der Waals surface area contributed by atoms with Crippen molar-refractivity contribution in [2.24, 2.45) is 0 Å². The molecule has 0 aliphatic carbocycles. The summed E-state index contributed by atoms with van der Waals surface area (Å²) >= 11 is 3.39. The lowest BCUT2D eigenvalue weighted by Crippen LogP contribution is -2.36. The van der Waals surface area contributed by atoms with Gasteiger partial charge in [0, 0.05) is 34.5 Å². The minimum atomic E-state index is -0.971. The van der Waals surface area contributed by atoms with Crippen molar-refractivity contribution in [1.29, 1.82) is 0 Å². The molecule has 1 aliphatic heterocycles. The summed E-state index contributed by atoms with van der Waals surface area (Å²) in [6.45, 7) is 4.64. The Balaban J connectivity index is 1.32. The molecule has 4 rings (SSSR count). The van der Waals surface area contributed by atoms with E-state index in [-0.39, 0.29) is 5.69 Å². The number of amides is 1. The zero-order valence-corrected chi connectivity index (χ0v) is 19.1. The molecule has 8 nitrogen and oxygen atoms in total. The van der Waals surface area contributed by atoms with Crippen LogP contribution in [0.1, 0.15) is 17.4 Å². The maximum Gasteiger partial charge on any atom is 0.357 e. The van der Waals surface area contributed by atoms with Crippen LogP contribution in [0.5, 0.6) is 0 Å². The molecular weight excluding hydrogens is 476 g/mol. The molecule has 1 amide bonds. The van der Waals surface area contributed by atoms with Gasteiger partial charge in [0.05, 0.1) is 18.9 Å². The molecule has 1 aromatic heterocycles. The van der Waals surface area contributed by atoms with E-state index in [9.17, 15) is 9.59 Å². The fourth-order valence-corrected chi connectivity index (χ4v) is 3.56. The predicted octanol–water partition coefficient (Wildman–Crippen LogP) is 3.86. The molecule has 0 bridgehead atoms. The molecule has 1 aliphatic rings. The van der Waals surface area contributed by atoms with Gasteiger partial charge >= 0.3 is 5.97 Å². The number of ether oxygens (including phenoxy) is 2. The van der Waals surface area contributed by atoms with Crippen LogP contribution >= 0.6 is 15.9 Å². The highest BCUT2D eigenvalue weighted by Gasteiger charge is 2.21. The second-order valence-corrected chi connectivity index (χ2v) is 8.27. The average molecular weight is 499 g/mol. The molecule has 1 unspecified atom stereocenters. The number of hydrogen-bond acceptors (Lipinski definition) is 6. The van der Waals surface area contributed by atoms with Crippen LogP contribution in [0, 0.1) is 0 Å². The maximum atomic E-state index is 12.5. The second kappa shape index (κ2) is 9.97. The van der Waals surface area contributed by atoms with Gasteiger partial charge in [-0.2, -0.15) is 5.10 Å². The Morgan fingerprint density at radius 2 is 1.81 bits per heavy atom. The summed E-state index contributed by atoms with van der Waals surface area (Å²) in [5, 5.41) is 9.59. The second-order valence-electron chi connectivity index (χ2n) is 7.36. The standard InChI is InChI=1S/C23H23BrN4O4/c1-15(22(29)25-18-6-8-19(9-7-18)28-10-12-31-13-11-28)32-23(30)21-14-20(26-27-21)16-2-4-17(24)5-3-16/h2-9,14-15H,10-13H2,1H3,(H,25,29)(H,26,27). The minimum absolute atomic E-state index is 0.178. The fourth-order valence-electron chi connectivity index (χ4n) is 3.29. The highest BCUT2D eigenvalue weighted by atomic mass is 79.9. The van der Waals surface area contributed by atoms with E-state index in [1.165, 1.54) is 6.92 Å². The molecule has 1 saturated heterocycles. The van der Waals surface area contributed by atoms with Gasteiger partial charge in [-0.15, -0.1) is 0 Å². The van der Waals surface area contributed by atoms with E-state index in [0.29, 0.717) is 24.6 Å². The SMILES string of the molecule is CC(OC(=O)c1cc(-c2ccc(Br)cc2)n[nH]1)C(=O)Nc1ccc(N2CCOCC2)cc1. The van der Waals surface area contributed by atoms with E-state index >= 15 is 0 Å². The molecule has 9 heteroatoms. The van der Waals surface area contributed by atoms with Gasteiger partial charge in [0.1, 0.15) is 5.69 Å². The number of H-pyrrole nitrogens is 1. The van der Waals surface area contributed by atoms with Crippen LogP contribution in [-0.2, 0) is 14.3 Å². The summed E-state index contributed by atoms with van der Waals surface area (Å²) in [5.74, 6) is -1.06. The molecule has 3 aromatic rings. The van der Waals surface area contributed by atoms with Crippen molar-refractivity contribution in [3.63, 3.8) is 0 Å². The highest BCUT2D eigenvalue weighted by molar-refractivity contribution is 9.10. The number of anilines is 2. The summed E-state index contributed by atoms with van der Waals surface area (Å²) < 4.78 is 11.6. The summed E-state index contributed by atoms with van der Waals surface area (Å²) in [6, 6.07) is 16.7. The van der Waals surface area contributed by atoms with Crippen LogP contribution in [0.3, 0.4) is 0 Å². The van der Waals surface area contributed by atoms with Crippen LogP contribution in [-0.4, -0.2) is 54.5 Å². The van der Waals surface area contributed by atoms with Gasteiger partial charge in [-0.05, 0) is 49.4 Å². The van der Waals surface area contributed by atoms with Crippen LogP contribution in [0.25, 0.3) is 11.3 Å². The normalized spacial score (nSPS) is 14.6. The van der Waals surface area contributed by atoms with E-state index in [1.807, 2.05) is 48.5 Å². The Morgan fingerprint density at radius 1 is 1.12 bits per heavy atom. The largest absolute Gasteiger partial charge is 0.448 e. The third-order valence-corrected chi connectivity index (χ3v) is 5.63. The van der Waals surface area contributed by atoms with Crippen molar-refractivity contribution in [2.75, 3.05) is 36.5 Å². The van der Waals surface area contributed by atoms with E-state index in [4.69, 9.17) is 9.47 Å². The van der Waals surface area contributed by atoms with Crippen molar-refractivity contribution >= 4 is 39.2 Å². The third kappa shape index (κ3) is 5.35. The Bertz CT molecular complexity index is 1080. The summed E-state index contributed by atoms with van der Waals surface area (Å²) in [4.78, 5) is 27.1. The highest BCUT2D eigenvalue weighted by Crippen LogP contribution is 2.21. The zero-order chi connectivity index (χ0) is 22.5. The number of rotatable bonds is 6. The first-order chi connectivity index (χ1) is 15.5. The lowest BCUT2D eigenvalue weighted by atomic mass is 10.1. The molecule has 2 aromatic carbocycles. The van der Waals surface area contributed by atoms with Crippen molar-refractivity contribution in [1.82, 2.24) is 10.2 Å². The zero-order valence-electron chi connectivity index (χ0n) is 17.5. The summed E-state index contributed by atoms with van der Waals surface area (Å²) in [6.07, 6.45) is -0.971. The van der Waals surface area contributed by atoms with Crippen molar-refractivity contribution in [3.05, 3.63) is 64.8 Å². The molecule has 0 saturated carbocycles. The Labute approximate surface area is 194 Å². The maximum absolute atomic E-state index is 12.5. The Kier molecular flexibility index (Phi) is 6.87. The monoisotopic (exact) mass is 498 g/mol. The first kappa shape index (κ1) is 22.0. The van der Waals surface area contributed by atoms with Crippen molar-refractivity contribution in [2.45, 2.75) is 13.0 Å². The number of benzene rings is 2. The van der Waals surface area contributed by atoms with Crippen LogP contribution < -0.4 is 10.2 Å². The number of nitrogens with zero attached hydrogens (tertiary/aromatic N) is 2. The molecule has 1 atom stereocenters. The smallest absolute Gasteiger partial charge is 0.357 e. The van der Waals surface area contributed by atoms with Crippen molar-refractivity contribution < 1.29 is 19.1 Å². The molecular formula is C23H23BrN4O4. The number of aromatic amines is 1. The first-order valence-electron chi connectivity index (χ1n) is 10.3. The molecule has 2 heterocycles. The first-order valence-corrected chi connectivity index (χ1v) is 11.0. The third-order valence-electron chi connectivity index (χ3n) is 5.10. The minimum Gasteiger partial charge on any atom is -0.448 e. The van der Waals surface area contributed by atoms with Gasteiger partial charge < -0.3 is 19.7 Å². The van der Waals surface area contributed by atoms with Crippen LogP contribution in [0.4, 0.5) is 11.4 Å². The number of esters is 1. The van der Waals surface area contributed by atoms with E-state index in [2.05, 4.69) is 36.3 Å². The van der Waals surface area contributed by atoms with Crippen molar-refractivity contribution in [3.8, 4) is 11.3 Å². The topological polar surface area (TPSA) is 96.5 Å². The van der Waals surface area contributed by atoms with Gasteiger partial charge in [-0.3, -0.25) is 9.89 Å². The Morgan fingerprint density at radius 3 is 2.50 bits per heavy atom. The van der Waals surface area contributed by atoms with E-state index in [1.54, 1.807) is 6.07 Å². The molecule has 32 heavy (non-hydrogen) atoms. The Hall–Kier alpha value is -3.17. The number of morpholine rings is 1. The quantitative estimate of drug-likeness (QED) is 0.501. The van der Waals surface area contributed by atoms with Gasteiger partial charge in [0.25, 0.3) is 5.91 Å². The average Bonchev–Trinajstić information content (AvgIpc) is 3.31. The number of carbonyl (C=O) groups excluding carboxylic acids is 2. The van der Waals surface area contributed by atoms with Crippen LogP contribution in [0.15, 0.2) is 59.1 Å². The number of hydrogen-bond donors (Lipinski definition) is 2. The number of carbonyl (C=O) groups is 2. The lowest BCUT2D eigenvalue weighted by molar-refractivity contribution is -0.123. The van der Waals surface area contributed by atoms with Crippen LogP contribution in [0.2, 0.25) is 0 Å². The lowest BCUT2D eigenvalue weighted by Gasteiger charge is -2.28. The molecule has 166 valence electrons. The van der Waals surface area contributed by atoms with Gasteiger partial charge in [0.2, 0.25) is 0 Å². The van der Waals surface area contributed by atoms with E-state index < -0.39 is 18.0 Å². The number of aromatic nitrogens is 2. The molecule has 2 N–H and O–H groups in total. The van der Waals surface area contributed by atoms with Gasteiger partial charge in [0.15, 0.2) is 6.10 Å². The van der Waals surface area contributed by atoms with Gasteiger partial charge in [-0.1, -0.05) is 28.1 Å². The van der Waals surface area contributed by atoms with Gasteiger partial charge in [-0.25, -0.2) is 4.79 Å². The molecule has 0 radical (unpaired) electrons. The summed E-state index contributed by atoms with van der Waals surface area (Å²) in [7, 11) is 0. The van der Waals surface area contributed by atoms with E-state index in [0.717, 1.165) is 28.8 Å².